The number of nitrogens with zero attached hydrogens (tertiary/aromatic N) is 2. The number of carbonyl (C=O) groups excluding carboxylic acids is 2. The van der Waals surface area contributed by atoms with Crippen molar-refractivity contribution >= 4 is 11.8 Å². The Morgan fingerprint density at radius 1 is 1.21 bits per heavy atom. The van der Waals surface area contributed by atoms with Gasteiger partial charge in [-0.3, -0.25) is 9.59 Å². The summed E-state index contributed by atoms with van der Waals surface area (Å²) in [6.45, 7) is 6.86. The van der Waals surface area contributed by atoms with Gasteiger partial charge in [-0.05, 0) is 43.9 Å². The van der Waals surface area contributed by atoms with E-state index in [1.807, 2.05) is 18.2 Å². The second kappa shape index (κ2) is 6.76. The molecule has 5 aliphatic rings. The van der Waals surface area contributed by atoms with E-state index >= 15 is 0 Å². The number of ether oxygens (including phenoxy) is 1. The third kappa shape index (κ3) is 2.81. The molecule has 4 atom stereocenters. The van der Waals surface area contributed by atoms with E-state index in [4.69, 9.17) is 4.74 Å². The molecule has 6 nitrogen and oxygen atoms in total. The summed E-state index contributed by atoms with van der Waals surface area (Å²) in [5.41, 5.74) is -0.0255. The second-order valence-electron chi connectivity index (χ2n) is 8.78. The maximum absolute atomic E-state index is 13.3. The maximum atomic E-state index is 13.3. The molecule has 6 rings (SSSR count). The molecule has 3 saturated carbocycles. The van der Waals surface area contributed by atoms with Crippen molar-refractivity contribution in [1.29, 1.82) is 0 Å². The lowest BCUT2D eigenvalue weighted by molar-refractivity contribution is -0.156. The molecule has 2 bridgehead atoms. The zero-order valence-electron chi connectivity index (χ0n) is 16.5. The number of rotatable bonds is 2. The van der Waals surface area contributed by atoms with Crippen molar-refractivity contribution in [2.45, 2.75) is 38.3 Å². The molecule has 1 aromatic rings. The first-order valence-corrected chi connectivity index (χ1v) is 10.7. The van der Waals surface area contributed by atoms with Crippen LogP contribution in [0.4, 0.5) is 0 Å². The molecule has 1 N–H and O–H groups in total. The van der Waals surface area contributed by atoms with Gasteiger partial charge in [-0.25, -0.2) is 0 Å². The maximum Gasteiger partial charge on any atom is 0.258 e. The van der Waals surface area contributed by atoms with Crippen LogP contribution >= 0.6 is 0 Å². The van der Waals surface area contributed by atoms with Crippen LogP contribution in [-0.2, 0) is 4.79 Å². The van der Waals surface area contributed by atoms with Crippen LogP contribution in [0.15, 0.2) is 24.3 Å². The van der Waals surface area contributed by atoms with Gasteiger partial charge in [0.25, 0.3) is 5.91 Å². The van der Waals surface area contributed by atoms with E-state index in [0.29, 0.717) is 17.2 Å². The number of benzene rings is 1. The van der Waals surface area contributed by atoms with E-state index < -0.39 is 5.72 Å². The molecule has 1 saturated heterocycles. The number of para-hydroxylation sites is 1. The first-order valence-electron chi connectivity index (χ1n) is 10.7. The molecule has 2 aliphatic heterocycles. The fraction of sp³-hybridized carbons (Fsp3) is 0.636. The molecule has 6 heteroatoms. The Kier molecular flexibility index (Phi) is 4.34. The number of amides is 2. The minimum absolute atomic E-state index is 0.0482. The van der Waals surface area contributed by atoms with Crippen molar-refractivity contribution in [3.63, 3.8) is 0 Å². The van der Waals surface area contributed by atoms with Crippen LogP contribution in [0.2, 0.25) is 0 Å². The van der Waals surface area contributed by atoms with Gasteiger partial charge >= 0.3 is 0 Å². The first-order chi connectivity index (χ1) is 13.6. The summed E-state index contributed by atoms with van der Waals surface area (Å²) in [7, 11) is 0. The minimum atomic E-state index is -0.633. The Bertz CT molecular complexity index is 789. The van der Waals surface area contributed by atoms with Gasteiger partial charge in [0, 0.05) is 44.4 Å². The van der Waals surface area contributed by atoms with Crippen molar-refractivity contribution in [2.75, 3.05) is 32.7 Å². The molecule has 2 amide bonds. The van der Waals surface area contributed by atoms with Crippen LogP contribution in [0.5, 0.6) is 5.75 Å². The van der Waals surface area contributed by atoms with Gasteiger partial charge in [-0.1, -0.05) is 19.1 Å². The molecule has 1 aromatic carbocycles. The molecule has 1 spiro atoms. The van der Waals surface area contributed by atoms with Gasteiger partial charge in [0.2, 0.25) is 5.91 Å². The van der Waals surface area contributed by atoms with E-state index in [-0.39, 0.29) is 23.7 Å². The number of piperazine rings is 1. The van der Waals surface area contributed by atoms with Gasteiger partial charge in [-0.15, -0.1) is 0 Å². The number of nitrogens with one attached hydrogen (secondary N) is 1. The highest BCUT2D eigenvalue weighted by Crippen LogP contribution is 2.52. The van der Waals surface area contributed by atoms with Crippen LogP contribution in [-0.4, -0.2) is 60.1 Å². The second-order valence-corrected chi connectivity index (χ2v) is 8.78. The van der Waals surface area contributed by atoms with E-state index in [1.165, 1.54) is 0 Å². The van der Waals surface area contributed by atoms with E-state index in [9.17, 15) is 9.59 Å². The summed E-state index contributed by atoms with van der Waals surface area (Å²) in [6, 6.07) is 7.46. The molecule has 4 fully saturated rings. The highest BCUT2D eigenvalue weighted by atomic mass is 16.5. The highest BCUT2D eigenvalue weighted by molar-refractivity contribution is 5.98. The molecule has 28 heavy (non-hydrogen) atoms. The van der Waals surface area contributed by atoms with Crippen LogP contribution in [0.3, 0.4) is 0 Å². The van der Waals surface area contributed by atoms with Crippen LogP contribution in [0.25, 0.3) is 0 Å². The number of carbonyl (C=O) groups is 2. The number of fused-ring (bicyclic) bond motifs is 3. The zero-order chi connectivity index (χ0) is 19.3. The van der Waals surface area contributed by atoms with E-state index in [2.05, 4.69) is 22.0 Å². The Morgan fingerprint density at radius 2 is 2.00 bits per heavy atom. The predicted molar refractivity (Wildman–Crippen MR) is 105 cm³/mol. The van der Waals surface area contributed by atoms with Crippen LogP contribution in [0.1, 0.15) is 43.0 Å². The smallest absolute Gasteiger partial charge is 0.258 e. The van der Waals surface area contributed by atoms with E-state index in [1.54, 1.807) is 6.07 Å². The summed E-state index contributed by atoms with van der Waals surface area (Å²) in [4.78, 5) is 30.4. The normalized spacial score (nSPS) is 34.7. The average Bonchev–Trinajstić information content (AvgIpc) is 2.73. The van der Waals surface area contributed by atoms with Gasteiger partial charge in [0.05, 0.1) is 5.56 Å². The van der Waals surface area contributed by atoms with Crippen molar-refractivity contribution in [3.05, 3.63) is 29.8 Å². The average molecular weight is 383 g/mol. The molecule has 0 aromatic heterocycles. The van der Waals surface area contributed by atoms with Gasteiger partial charge in [0.1, 0.15) is 5.75 Å². The third-order valence-electron chi connectivity index (χ3n) is 7.42. The Morgan fingerprint density at radius 3 is 2.71 bits per heavy atom. The Hall–Kier alpha value is -2.08. The highest BCUT2D eigenvalue weighted by Gasteiger charge is 2.57. The zero-order valence-corrected chi connectivity index (χ0v) is 16.5. The lowest BCUT2D eigenvalue weighted by Gasteiger charge is -2.55. The molecule has 2 heterocycles. The fourth-order valence-electron chi connectivity index (χ4n) is 5.78. The summed E-state index contributed by atoms with van der Waals surface area (Å²) < 4.78 is 6.40. The molecular formula is C22H29N3O3. The number of likely N-dealkylation sites (N-methyl/N-ethyl adjacent to an activating group) is 1. The minimum Gasteiger partial charge on any atom is -0.467 e. The van der Waals surface area contributed by atoms with Gasteiger partial charge < -0.3 is 19.9 Å². The Balaban J connectivity index is 1.32. The van der Waals surface area contributed by atoms with Crippen molar-refractivity contribution in [3.8, 4) is 5.75 Å². The largest absolute Gasteiger partial charge is 0.467 e. The molecule has 0 radical (unpaired) electrons. The lowest BCUT2D eigenvalue weighted by Crippen LogP contribution is -2.67. The van der Waals surface area contributed by atoms with Gasteiger partial charge in [0.15, 0.2) is 5.72 Å². The summed E-state index contributed by atoms with van der Waals surface area (Å²) in [6.07, 6.45) is 3.63. The predicted octanol–water partition coefficient (Wildman–Crippen LogP) is 2.11. The van der Waals surface area contributed by atoms with Crippen LogP contribution < -0.4 is 10.1 Å². The van der Waals surface area contributed by atoms with Gasteiger partial charge in [-0.2, -0.15) is 0 Å². The summed E-state index contributed by atoms with van der Waals surface area (Å²) in [5.74, 6) is 1.51. The molecular weight excluding hydrogens is 354 g/mol. The van der Waals surface area contributed by atoms with E-state index in [0.717, 1.165) is 58.4 Å². The SMILES string of the molecule is CCN1CCN(C(=O)C2CC3CCC2CC32NC(=O)c3ccccc3O2)CC1. The monoisotopic (exact) mass is 383 g/mol. The third-order valence-corrected chi connectivity index (χ3v) is 7.42. The van der Waals surface area contributed by atoms with Crippen molar-refractivity contribution < 1.29 is 14.3 Å². The molecule has 4 unspecified atom stereocenters. The summed E-state index contributed by atoms with van der Waals surface area (Å²) in [5, 5.41) is 3.18. The lowest BCUT2D eigenvalue weighted by atomic mass is 9.59. The topological polar surface area (TPSA) is 61.9 Å². The summed E-state index contributed by atoms with van der Waals surface area (Å²) >= 11 is 0. The fourth-order valence-corrected chi connectivity index (χ4v) is 5.78. The van der Waals surface area contributed by atoms with Crippen molar-refractivity contribution in [2.24, 2.45) is 17.8 Å². The standard InChI is InChI=1S/C22H29N3O3/c1-2-24-9-11-25(12-10-24)21(27)18-13-16-8-7-15(18)14-22(16)23-20(26)17-5-3-4-6-19(17)28-22/h3-6,15-16,18H,2,7-14H2,1H3,(H,23,26). The van der Waals surface area contributed by atoms with Crippen LogP contribution in [0, 0.1) is 17.8 Å². The first kappa shape index (κ1) is 18.0. The quantitative estimate of drug-likeness (QED) is 0.850. The van der Waals surface area contributed by atoms with Crippen molar-refractivity contribution in [1.82, 2.24) is 15.1 Å². The number of hydrogen-bond donors (Lipinski definition) is 1. The molecule has 3 aliphatic carbocycles. The molecule has 150 valence electrons. The number of hydrogen-bond acceptors (Lipinski definition) is 4. The Labute approximate surface area is 166 Å².